The molecule has 1 aromatic carbocycles. The van der Waals surface area contributed by atoms with Crippen LogP contribution in [-0.4, -0.2) is 40.8 Å². The number of nitrogens with one attached hydrogen (secondary N) is 1. The molecule has 3 aromatic rings. The van der Waals surface area contributed by atoms with E-state index in [1.807, 2.05) is 44.2 Å². The fourth-order valence-electron chi connectivity index (χ4n) is 2.81. The van der Waals surface area contributed by atoms with Crippen LogP contribution in [0.5, 0.6) is 0 Å². The Hall–Kier alpha value is -3.17. The Labute approximate surface area is 158 Å². The molecule has 0 bridgehead atoms. The van der Waals surface area contributed by atoms with Crippen LogP contribution in [0, 0.1) is 25.7 Å². The maximum atomic E-state index is 12.5. The van der Waals surface area contributed by atoms with Crippen molar-refractivity contribution in [1.29, 1.82) is 0 Å². The van der Waals surface area contributed by atoms with Gasteiger partial charge in [0.25, 0.3) is 5.91 Å². The van der Waals surface area contributed by atoms with E-state index in [0.717, 1.165) is 28.9 Å². The molecule has 0 aliphatic heterocycles. The zero-order valence-corrected chi connectivity index (χ0v) is 15.7. The second kappa shape index (κ2) is 8.47. The Morgan fingerprint density at radius 2 is 2.04 bits per heavy atom. The monoisotopic (exact) mass is 362 g/mol. The summed E-state index contributed by atoms with van der Waals surface area (Å²) in [6, 6.07) is 9.92. The average molecular weight is 362 g/mol. The van der Waals surface area contributed by atoms with Crippen LogP contribution >= 0.6 is 0 Å². The summed E-state index contributed by atoms with van der Waals surface area (Å²) in [5, 5.41) is 7.20. The Morgan fingerprint density at radius 3 is 2.78 bits per heavy atom. The molecular formula is C21H22N4O2. The van der Waals surface area contributed by atoms with Gasteiger partial charge in [0, 0.05) is 30.6 Å². The number of carbonyl (C=O) groups excluding carboxylic acids is 1. The van der Waals surface area contributed by atoms with Gasteiger partial charge in [-0.25, -0.2) is 9.50 Å². The van der Waals surface area contributed by atoms with Crippen LogP contribution in [0.2, 0.25) is 0 Å². The van der Waals surface area contributed by atoms with Gasteiger partial charge < -0.3 is 10.1 Å². The molecule has 0 fully saturated rings. The van der Waals surface area contributed by atoms with Crippen molar-refractivity contribution in [3.63, 3.8) is 0 Å². The van der Waals surface area contributed by atoms with Crippen molar-refractivity contribution in [2.24, 2.45) is 0 Å². The van der Waals surface area contributed by atoms with Crippen molar-refractivity contribution < 1.29 is 9.53 Å². The van der Waals surface area contributed by atoms with Gasteiger partial charge in [0.05, 0.1) is 6.20 Å². The molecule has 0 spiro atoms. The first-order valence-electron chi connectivity index (χ1n) is 8.75. The number of methoxy groups -OCH3 is 1. The molecule has 0 radical (unpaired) electrons. The van der Waals surface area contributed by atoms with Crippen LogP contribution in [0.25, 0.3) is 5.65 Å². The van der Waals surface area contributed by atoms with E-state index in [-0.39, 0.29) is 5.91 Å². The number of benzene rings is 1. The van der Waals surface area contributed by atoms with Gasteiger partial charge in [-0.3, -0.25) is 4.79 Å². The predicted molar refractivity (Wildman–Crippen MR) is 104 cm³/mol. The van der Waals surface area contributed by atoms with Crippen molar-refractivity contribution in [2.75, 3.05) is 20.3 Å². The molecule has 0 saturated carbocycles. The van der Waals surface area contributed by atoms with Gasteiger partial charge in [0.2, 0.25) is 0 Å². The molecule has 27 heavy (non-hydrogen) atoms. The highest BCUT2D eigenvalue weighted by Crippen LogP contribution is 2.12. The maximum Gasteiger partial charge on any atom is 0.256 e. The lowest BCUT2D eigenvalue weighted by Gasteiger charge is -2.05. The lowest BCUT2D eigenvalue weighted by Crippen LogP contribution is -2.25. The minimum Gasteiger partial charge on any atom is -0.372 e. The minimum atomic E-state index is -0.162. The first-order chi connectivity index (χ1) is 13.1. The zero-order valence-electron chi connectivity index (χ0n) is 15.7. The van der Waals surface area contributed by atoms with Crippen molar-refractivity contribution >= 4 is 11.6 Å². The summed E-state index contributed by atoms with van der Waals surface area (Å²) in [4.78, 5) is 16.9. The van der Waals surface area contributed by atoms with Crippen LogP contribution in [0.1, 0.15) is 32.9 Å². The van der Waals surface area contributed by atoms with E-state index in [1.165, 1.54) is 0 Å². The Morgan fingerprint density at radius 1 is 1.26 bits per heavy atom. The third-order valence-electron chi connectivity index (χ3n) is 4.12. The Bertz CT molecular complexity index is 1010. The largest absolute Gasteiger partial charge is 0.372 e. The van der Waals surface area contributed by atoms with Gasteiger partial charge in [0.15, 0.2) is 5.65 Å². The van der Waals surface area contributed by atoms with E-state index >= 15 is 0 Å². The number of aromatic nitrogens is 3. The second-order valence-corrected chi connectivity index (χ2v) is 6.27. The Kier molecular flexibility index (Phi) is 5.84. The highest BCUT2D eigenvalue weighted by atomic mass is 16.5. The van der Waals surface area contributed by atoms with Crippen LogP contribution in [0.15, 0.2) is 36.5 Å². The number of hydrogen-bond donors (Lipinski definition) is 1. The summed E-state index contributed by atoms with van der Waals surface area (Å²) in [5.74, 6) is 5.79. The summed E-state index contributed by atoms with van der Waals surface area (Å²) >= 11 is 0. The van der Waals surface area contributed by atoms with Gasteiger partial charge in [-0.05, 0) is 44.0 Å². The number of amides is 1. The molecule has 0 saturated heterocycles. The van der Waals surface area contributed by atoms with Gasteiger partial charge in [-0.15, -0.1) is 0 Å². The number of aryl methyl sites for hydroxylation is 2. The Balaban J connectivity index is 1.60. The maximum absolute atomic E-state index is 12.5. The predicted octanol–water partition coefficient (Wildman–Crippen LogP) is 2.32. The molecule has 0 aliphatic rings. The van der Waals surface area contributed by atoms with E-state index in [4.69, 9.17) is 4.74 Å². The van der Waals surface area contributed by atoms with Gasteiger partial charge in [0.1, 0.15) is 12.2 Å². The van der Waals surface area contributed by atoms with Gasteiger partial charge in [-0.1, -0.05) is 24.0 Å². The number of rotatable bonds is 5. The molecule has 0 atom stereocenters. The zero-order chi connectivity index (χ0) is 19.2. The quantitative estimate of drug-likeness (QED) is 0.707. The lowest BCUT2D eigenvalue weighted by molar-refractivity contribution is 0.0955. The smallest absolute Gasteiger partial charge is 0.256 e. The van der Waals surface area contributed by atoms with E-state index in [0.29, 0.717) is 24.4 Å². The first-order valence-corrected chi connectivity index (χ1v) is 8.75. The molecular weight excluding hydrogens is 340 g/mol. The molecule has 6 nitrogen and oxygen atoms in total. The standard InChI is InChI=1S/C21H22N4O2/c1-15-13-16(2)25-20(24-15)19(14-23-25)21(26)22-11-10-18-8-6-17(7-9-18)5-4-12-27-3/h6-9,13-14H,10-12H2,1-3H3,(H,22,26). The van der Waals surface area contributed by atoms with Crippen molar-refractivity contribution in [2.45, 2.75) is 20.3 Å². The molecule has 2 heterocycles. The van der Waals surface area contributed by atoms with Gasteiger partial charge in [-0.2, -0.15) is 5.10 Å². The van der Waals surface area contributed by atoms with Crippen LogP contribution in [0.3, 0.4) is 0 Å². The molecule has 0 aliphatic carbocycles. The number of nitrogens with zero attached hydrogens (tertiary/aromatic N) is 3. The number of carbonyl (C=O) groups is 1. The summed E-state index contributed by atoms with van der Waals surface area (Å²) < 4.78 is 6.59. The van der Waals surface area contributed by atoms with E-state index in [1.54, 1.807) is 17.8 Å². The highest BCUT2D eigenvalue weighted by molar-refractivity contribution is 5.99. The fourth-order valence-corrected chi connectivity index (χ4v) is 2.81. The first kappa shape index (κ1) is 18.6. The van der Waals surface area contributed by atoms with Crippen molar-refractivity contribution in [3.8, 4) is 11.8 Å². The minimum absolute atomic E-state index is 0.162. The molecule has 0 unspecified atom stereocenters. The summed E-state index contributed by atoms with van der Waals surface area (Å²) in [6.07, 6.45) is 2.31. The topological polar surface area (TPSA) is 68.5 Å². The van der Waals surface area contributed by atoms with E-state index in [2.05, 4.69) is 27.2 Å². The summed E-state index contributed by atoms with van der Waals surface area (Å²) in [6.45, 7) is 4.81. The normalized spacial score (nSPS) is 10.5. The molecule has 138 valence electrons. The SMILES string of the molecule is COCC#Cc1ccc(CCNC(=O)c2cnn3c(C)cc(C)nc23)cc1. The molecule has 3 rings (SSSR count). The average Bonchev–Trinajstić information content (AvgIpc) is 3.07. The third-order valence-corrected chi connectivity index (χ3v) is 4.12. The second-order valence-electron chi connectivity index (χ2n) is 6.27. The van der Waals surface area contributed by atoms with E-state index in [9.17, 15) is 4.79 Å². The number of ether oxygens (including phenoxy) is 1. The number of hydrogen-bond acceptors (Lipinski definition) is 4. The molecule has 1 N–H and O–H groups in total. The third kappa shape index (κ3) is 4.52. The molecule has 1 amide bonds. The fraction of sp³-hybridized carbons (Fsp3) is 0.286. The van der Waals surface area contributed by atoms with Crippen molar-refractivity contribution in [3.05, 3.63) is 64.6 Å². The molecule has 2 aromatic heterocycles. The summed E-state index contributed by atoms with van der Waals surface area (Å²) in [7, 11) is 1.62. The highest BCUT2D eigenvalue weighted by Gasteiger charge is 2.15. The van der Waals surface area contributed by atoms with Gasteiger partial charge >= 0.3 is 0 Å². The molecule has 6 heteroatoms. The van der Waals surface area contributed by atoms with Crippen LogP contribution in [0.4, 0.5) is 0 Å². The van der Waals surface area contributed by atoms with Crippen LogP contribution in [-0.2, 0) is 11.2 Å². The number of fused-ring (bicyclic) bond motifs is 1. The van der Waals surface area contributed by atoms with E-state index < -0.39 is 0 Å². The van der Waals surface area contributed by atoms with Crippen molar-refractivity contribution in [1.82, 2.24) is 19.9 Å². The van der Waals surface area contributed by atoms with Crippen LogP contribution < -0.4 is 5.32 Å². The summed E-state index contributed by atoms with van der Waals surface area (Å²) in [5.41, 5.74) is 4.98. The lowest BCUT2D eigenvalue weighted by atomic mass is 10.1.